The zero-order chi connectivity index (χ0) is 14.5. The maximum Gasteiger partial charge on any atom is 0.414 e. The van der Waals surface area contributed by atoms with E-state index in [0.29, 0.717) is 17.4 Å². The molecule has 106 valence electrons. The molecule has 0 bridgehead atoms. The number of benzene rings is 1. The van der Waals surface area contributed by atoms with E-state index in [1.807, 2.05) is 30.3 Å². The maximum atomic E-state index is 12.0. The normalized spacial score (nSPS) is 14.4. The molecule has 1 aromatic rings. The lowest BCUT2D eigenvalue weighted by Gasteiger charge is -2.18. The van der Waals surface area contributed by atoms with Crippen molar-refractivity contribution in [1.29, 1.82) is 0 Å². The number of halogens is 1. The van der Waals surface area contributed by atoms with Crippen LogP contribution in [0.15, 0.2) is 40.5 Å². The third-order valence-electron chi connectivity index (χ3n) is 2.89. The van der Waals surface area contributed by atoms with Gasteiger partial charge >= 0.3 is 12.1 Å². The number of esters is 1. The number of hydrogen-bond donors (Lipinski definition) is 0. The standard InChI is InChI=1S/C14H14BrNO4/c1-19-13(17)12-11(15)7-8-16(12)14(18)20-9-10-5-3-2-4-6-10/h2-6H,7-9H2,1H3. The zero-order valence-electron chi connectivity index (χ0n) is 11.0. The van der Waals surface area contributed by atoms with Gasteiger partial charge in [0.25, 0.3) is 0 Å². The van der Waals surface area contributed by atoms with E-state index >= 15 is 0 Å². The van der Waals surface area contributed by atoms with Gasteiger partial charge in [0.2, 0.25) is 0 Å². The second-order valence-electron chi connectivity index (χ2n) is 4.19. The predicted molar refractivity (Wildman–Crippen MR) is 75.9 cm³/mol. The van der Waals surface area contributed by atoms with Crippen molar-refractivity contribution in [2.45, 2.75) is 13.0 Å². The minimum Gasteiger partial charge on any atom is -0.464 e. The van der Waals surface area contributed by atoms with E-state index in [1.54, 1.807) is 0 Å². The maximum absolute atomic E-state index is 12.0. The fourth-order valence-corrected chi connectivity index (χ4v) is 2.44. The van der Waals surface area contributed by atoms with E-state index in [1.165, 1.54) is 12.0 Å². The van der Waals surface area contributed by atoms with Crippen LogP contribution in [0.5, 0.6) is 0 Å². The molecule has 0 saturated heterocycles. The molecule has 1 aliphatic heterocycles. The highest BCUT2D eigenvalue weighted by molar-refractivity contribution is 9.11. The molecule has 5 nitrogen and oxygen atoms in total. The van der Waals surface area contributed by atoms with E-state index in [2.05, 4.69) is 20.7 Å². The number of rotatable bonds is 3. The Morgan fingerprint density at radius 1 is 1.30 bits per heavy atom. The third kappa shape index (κ3) is 3.19. The van der Waals surface area contributed by atoms with Gasteiger partial charge in [0, 0.05) is 11.0 Å². The van der Waals surface area contributed by atoms with Crippen LogP contribution in [-0.2, 0) is 20.9 Å². The summed E-state index contributed by atoms with van der Waals surface area (Å²) in [4.78, 5) is 25.0. The van der Waals surface area contributed by atoms with Crippen LogP contribution in [0, 0.1) is 0 Å². The van der Waals surface area contributed by atoms with E-state index in [0.717, 1.165) is 5.56 Å². The quantitative estimate of drug-likeness (QED) is 0.794. The lowest BCUT2D eigenvalue weighted by Crippen LogP contribution is -2.32. The van der Waals surface area contributed by atoms with Gasteiger partial charge in [-0.2, -0.15) is 0 Å². The Kier molecular flexibility index (Phi) is 4.79. The largest absolute Gasteiger partial charge is 0.464 e. The topological polar surface area (TPSA) is 55.8 Å². The van der Waals surface area contributed by atoms with Gasteiger partial charge in [-0.3, -0.25) is 4.90 Å². The molecule has 20 heavy (non-hydrogen) atoms. The second kappa shape index (κ2) is 6.56. The van der Waals surface area contributed by atoms with E-state index < -0.39 is 12.1 Å². The van der Waals surface area contributed by atoms with Gasteiger partial charge in [0.1, 0.15) is 12.3 Å². The summed E-state index contributed by atoms with van der Waals surface area (Å²) in [5, 5.41) is 0. The van der Waals surface area contributed by atoms with Gasteiger partial charge in [-0.05, 0) is 12.0 Å². The van der Waals surface area contributed by atoms with Crippen molar-refractivity contribution in [2.24, 2.45) is 0 Å². The Labute approximate surface area is 125 Å². The summed E-state index contributed by atoms with van der Waals surface area (Å²) in [7, 11) is 1.28. The Morgan fingerprint density at radius 3 is 2.65 bits per heavy atom. The number of hydrogen-bond acceptors (Lipinski definition) is 4. The number of nitrogens with zero attached hydrogens (tertiary/aromatic N) is 1. The number of amides is 1. The highest BCUT2D eigenvalue weighted by Gasteiger charge is 2.33. The van der Waals surface area contributed by atoms with Crippen LogP contribution in [0.3, 0.4) is 0 Å². The SMILES string of the molecule is COC(=O)C1=C(Br)CCN1C(=O)OCc1ccccc1. The summed E-state index contributed by atoms with van der Waals surface area (Å²) in [6.07, 6.45) is 0.0221. The third-order valence-corrected chi connectivity index (χ3v) is 3.66. The fourth-order valence-electron chi connectivity index (χ4n) is 1.88. The van der Waals surface area contributed by atoms with Crippen molar-refractivity contribution in [3.63, 3.8) is 0 Å². The van der Waals surface area contributed by atoms with Crippen LogP contribution in [0.4, 0.5) is 4.79 Å². The van der Waals surface area contributed by atoms with Crippen molar-refractivity contribution in [3.8, 4) is 0 Å². The Morgan fingerprint density at radius 2 is 2.00 bits per heavy atom. The second-order valence-corrected chi connectivity index (χ2v) is 5.14. The first kappa shape index (κ1) is 14.6. The molecule has 0 unspecified atom stereocenters. The lowest BCUT2D eigenvalue weighted by atomic mass is 10.2. The molecule has 6 heteroatoms. The van der Waals surface area contributed by atoms with E-state index in [9.17, 15) is 9.59 Å². The van der Waals surface area contributed by atoms with Crippen LogP contribution >= 0.6 is 15.9 Å². The molecule has 1 aliphatic rings. The Hall–Kier alpha value is -1.82. The minimum atomic E-state index is -0.552. The molecule has 0 radical (unpaired) electrons. The summed E-state index contributed by atoms with van der Waals surface area (Å²) in [6.45, 7) is 0.570. The number of carbonyl (C=O) groups excluding carboxylic acids is 2. The first-order valence-corrected chi connectivity index (χ1v) is 6.88. The Balaban J connectivity index is 2.01. The van der Waals surface area contributed by atoms with Gasteiger partial charge < -0.3 is 9.47 Å². The smallest absolute Gasteiger partial charge is 0.414 e. The zero-order valence-corrected chi connectivity index (χ0v) is 12.6. The summed E-state index contributed by atoms with van der Waals surface area (Å²) >= 11 is 3.28. The van der Waals surface area contributed by atoms with Crippen LogP contribution < -0.4 is 0 Å². The number of methoxy groups -OCH3 is 1. The van der Waals surface area contributed by atoms with E-state index in [-0.39, 0.29) is 12.3 Å². The molecule has 0 aliphatic carbocycles. The molecular formula is C14H14BrNO4. The molecule has 0 saturated carbocycles. The summed E-state index contributed by atoms with van der Waals surface area (Å²) in [5.41, 5.74) is 1.10. The Bertz CT molecular complexity index is 541. The van der Waals surface area contributed by atoms with Gasteiger partial charge in [-0.1, -0.05) is 46.3 Å². The highest BCUT2D eigenvalue weighted by Crippen LogP contribution is 2.29. The van der Waals surface area contributed by atoms with Crippen molar-refractivity contribution in [1.82, 2.24) is 4.90 Å². The van der Waals surface area contributed by atoms with Crippen molar-refractivity contribution < 1.29 is 19.1 Å². The molecule has 0 N–H and O–H groups in total. The van der Waals surface area contributed by atoms with Crippen molar-refractivity contribution in [3.05, 3.63) is 46.1 Å². The molecule has 1 heterocycles. The number of carbonyl (C=O) groups is 2. The van der Waals surface area contributed by atoms with Crippen molar-refractivity contribution >= 4 is 28.0 Å². The monoisotopic (exact) mass is 339 g/mol. The van der Waals surface area contributed by atoms with Crippen LogP contribution in [0.2, 0.25) is 0 Å². The van der Waals surface area contributed by atoms with E-state index in [4.69, 9.17) is 4.74 Å². The molecule has 0 fully saturated rings. The average molecular weight is 340 g/mol. The average Bonchev–Trinajstić information content (AvgIpc) is 2.87. The molecule has 0 spiro atoms. The first-order valence-electron chi connectivity index (χ1n) is 6.08. The fraction of sp³-hybridized carbons (Fsp3) is 0.286. The van der Waals surface area contributed by atoms with Gasteiger partial charge in [0.05, 0.1) is 7.11 Å². The first-order chi connectivity index (χ1) is 9.63. The summed E-state index contributed by atoms with van der Waals surface area (Å²) in [5.74, 6) is -0.550. The summed E-state index contributed by atoms with van der Waals surface area (Å²) < 4.78 is 10.5. The molecule has 0 atom stereocenters. The van der Waals surface area contributed by atoms with Gasteiger partial charge in [-0.15, -0.1) is 0 Å². The van der Waals surface area contributed by atoms with Crippen LogP contribution in [0.25, 0.3) is 0 Å². The summed E-state index contributed by atoms with van der Waals surface area (Å²) in [6, 6.07) is 9.36. The lowest BCUT2D eigenvalue weighted by molar-refractivity contribution is -0.137. The molecule has 2 rings (SSSR count). The van der Waals surface area contributed by atoms with Crippen molar-refractivity contribution in [2.75, 3.05) is 13.7 Å². The number of ether oxygens (including phenoxy) is 2. The molecular weight excluding hydrogens is 326 g/mol. The van der Waals surface area contributed by atoms with Gasteiger partial charge in [0.15, 0.2) is 0 Å². The van der Waals surface area contributed by atoms with Crippen LogP contribution in [-0.4, -0.2) is 30.6 Å². The molecule has 1 amide bonds. The van der Waals surface area contributed by atoms with Gasteiger partial charge in [-0.25, -0.2) is 9.59 Å². The molecule has 0 aromatic heterocycles. The minimum absolute atomic E-state index is 0.169. The highest BCUT2D eigenvalue weighted by atomic mass is 79.9. The predicted octanol–water partition coefficient (Wildman–Crippen LogP) is 2.81. The van der Waals surface area contributed by atoms with Crippen LogP contribution in [0.1, 0.15) is 12.0 Å². The molecule has 1 aromatic carbocycles.